The van der Waals surface area contributed by atoms with E-state index in [1.54, 1.807) is 18.2 Å². The molecule has 1 N–H and O–H groups in total. The van der Waals surface area contributed by atoms with Gasteiger partial charge in [-0.25, -0.2) is 4.79 Å². The van der Waals surface area contributed by atoms with E-state index in [4.69, 9.17) is 11.2 Å². The van der Waals surface area contributed by atoms with Crippen LogP contribution in [-0.4, -0.2) is 41.6 Å². The molecule has 1 aliphatic heterocycles. The van der Waals surface area contributed by atoms with Gasteiger partial charge in [-0.05, 0) is 37.5 Å². The van der Waals surface area contributed by atoms with Crippen LogP contribution in [0, 0.1) is 12.3 Å². The molecule has 1 saturated heterocycles. The van der Waals surface area contributed by atoms with Crippen LogP contribution in [-0.2, 0) is 4.79 Å². The van der Waals surface area contributed by atoms with Gasteiger partial charge in [0.2, 0.25) is 0 Å². The molecule has 5 heteroatoms. The number of nitrogens with zero attached hydrogens (tertiary/aromatic N) is 1. The Morgan fingerprint density at radius 2 is 2.19 bits per heavy atom. The summed E-state index contributed by atoms with van der Waals surface area (Å²) in [6, 6.07) is 4.04. The minimum atomic E-state index is -0.963. The molecule has 1 amide bonds. The summed E-state index contributed by atoms with van der Waals surface area (Å²) < 4.78 is 5.16. The number of aliphatic carboxylic acids is 1. The van der Waals surface area contributed by atoms with Gasteiger partial charge in [-0.2, -0.15) is 0 Å². The van der Waals surface area contributed by atoms with Crippen molar-refractivity contribution >= 4 is 11.9 Å². The fraction of sp³-hybridized carbons (Fsp3) is 0.375. The Hall–Kier alpha value is -2.48. The number of carboxylic acids is 1. The van der Waals surface area contributed by atoms with Crippen molar-refractivity contribution in [2.45, 2.75) is 25.3 Å². The number of rotatable bonds is 3. The normalized spacial score (nSPS) is 17.9. The molecule has 0 aromatic heterocycles. The number of benzene rings is 1. The molecule has 1 fully saturated rings. The molecule has 110 valence electrons. The third-order valence-corrected chi connectivity index (χ3v) is 3.65. The van der Waals surface area contributed by atoms with E-state index in [0.717, 1.165) is 12.8 Å². The molecule has 2 rings (SSSR count). The highest BCUT2D eigenvalue weighted by Crippen LogP contribution is 2.24. The molecule has 0 radical (unpaired) electrons. The van der Waals surface area contributed by atoms with Crippen molar-refractivity contribution in [2.75, 3.05) is 13.7 Å². The Kier molecular flexibility index (Phi) is 4.49. The highest BCUT2D eigenvalue weighted by atomic mass is 16.5. The van der Waals surface area contributed by atoms with E-state index in [2.05, 4.69) is 5.92 Å². The molecule has 1 heterocycles. The van der Waals surface area contributed by atoms with E-state index in [1.807, 2.05) is 0 Å². The number of carbonyl (C=O) groups excluding carboxylic acids is 1. The summed E-state index contributed by atoms with van der Waals surface area (Å²) >= 11 is 0. The molecular weight excluding hydrogens is 270 g/mol. The summed E-state index contributed by atoms with van der Waals surface area (Å²) in [7, 11) is 1.48. The molecule has 1 aromatic carbocycles. The molecule has 1 unspecified atom stereocenters. The number of amides is 1. The zero-order valence-electron chi connectivity index (χ0n) is 11.8. The van der Waals surface area contributed by atoms with Crippen molar-refractivity contribution in [3.05, 3.63) is 29.3 Å². The van der Waals surface area contributed by atoms with Gasteiger partial charge in [-0.1, -0.05) is 5.92 Å². The van der Waals surface area contributed by atoms with Crippen LogP contribution in [0.4, 0.5) is 0 Å². The summed E-state index contributed by atoms with van der Waals surface area (Å²) in [5, 5.41) is 9.24. The number of methoxy groups -OCH3 is 1. The summed E-state index contributed by atoms with van der Waals surface area (Å²) in [5.74, 6) is 1.65. The van der Waals surface area contributed by atoms with Crippen molar-refractivity contribution in [1.82, 2.24) is 4.90 Å². The molecule has 5 nitrogen and oxygen atoms in total. The lowest BCUT2D eigenvalue weighted by Gasteiger charge is -2.33. The van der Waals surface area contributed by atoms with Crippen LogP contribution in [0.25, 0.3) is 0 Å². The molecule has 1 aliphatic rings. The smallest absolute Gasteiger partial charge is 0.326 e. The number of carbonyl (C=O) groups is 2. The number of hydrogen-bond acceptors (Lipinski definition) is 3. The van der Waals surface area contributed by atoms with Gasteiger partial charge in [0.05, 0.1) is 12.7 Å². The third kappa shape index (κ3) is 3.00. The maximum atomic E-state index is 12.5. The van der Waals surface area contributed by atoms with Gasteiger partial charge < -0.3 is 14.7 Å². The summed E-state index contributed by atoms with van der Waals surface area (Å²) in [5.41, 5.74) is 0.946. The average molecular weight is 287 g/mol. The maximum Gasteiger partial charge on any atom is 0.326 e. The van der Waals surface area contributed by atoms with Gasteiger partial charge in [0.15, 0.2) is 0 Å². The Bertz CT molecular complexity index is 603. The van der Waals surface area contributed by atoms with Crippen LogP contribution in [0.15, 0.2) is 18.2 Å². The maximum absolute atomic E-state index is 12.5. The first kappa shape index (κ1) is 14.9. The molecule has 0 bridgehead atoms. The number of piperidine rings is 1. The van der Waals surface area contributed by atoms with Crippen LogP contribution in [0.2, 0.25) is 0 Å². The van der Waals surface area contributed by atoms with Crippen molar-refractivity contribution in [3.8, 4) is 18.1 Å². The zero-order chi connectivity index (χ0) is 15.4. The minimum Gasteiger partial charge on any atom is -0.495 e. The van der Waals surface area contributed by atoms with E-state index >= 15 is 0 Å². The molecule has 0 spiro atoms. The second kappa shape index (κ2) is 6.31. The Labute approximate surface area is 123 Å². The van der Waals surface area contributed by atoms with Crippen LogP contribution >= 0.6 is 0 Å². The summed E-state index contributed by atoms with van der Waals surface area (Å²) in [6.07, 6.45) is 7.47. The Morgan fingerprint density at radius 3 is 2.81 bits per heavy atom. The number of carboxylic acid groups (broad SMARTS) is 1. The minimum absolute atomic E-state index is 0.302. The lowest BCUT2D eigenvalue weighted by atomic mass is 10.0. The predicted molar refractivity (Wildman–Crippen MR) is 77.2 cm³/mol. The highest BCUT2D eigenvalue weighted by Gasteiger charge is 2.32. The van der Waals surface area contributed by atoms with Crippen LogP contribution in [0.1, 0.15) is 35.2 Å². The molecular formula is C16H17NO4. The first-order valence-corrected chi connectivity index (χ1v) is 6.77. The first-order valence-electron chi connectivity index (χ1n) is 6.77. The van der Waals surface area contributed by atoms with Crippen LogP contribution in [0.3, 0.4) is 0 Å². The topological polar surface area (TPSA) is 66.8 Å². The fourth-order valence-electron chi connectivity index (χ4n) is 2.54. The van der Waals surface area contributed by atoms with Crippen LogP contribution < -0.4 is 4.74 Å². The van der Waals surface area contributed by atoms with Gasteiger partial charge in [0.25, 0.3) is 5.91 Å². The number of terminal acetylenes is 1. The molecule has 21 heavy (non-hydrogen) atoms. The van der Waals surface area contributed by atoms with Crippen molar-refractivity contribution in [2.24, 2.45) is 0 Å². The monoisotopic (exact) mass is 287 g/mol. The number of hydrogen-bond donors (Lipinski definition) is 1. The molecule has 0 saturated carbocycles. The standard InChI is InChI=1S/C16H17NO4/c1-3-11-7-8-12(10-14(11)21-2)15(18)17-9-5-4-6-13(17)16(19)20/h1,7-8,10,13H,4-6,9H2,2H3,(H,19,20). The number of ether oxygens (including phenoxy) is 1. The van der Waals surface area contributed by atoms with Crippen molar-refractivity contribution in [3.63, 3.8) is 0 Å². The SMILES string of the molecule is C#Cc1ccc(C(=O)N2CCCCC2C(=O)O)cc1OC. The lowest BCUT2D eigenvalue weighted by molar-refractivity contribution is -0.143. The zero-order valence-corrected chi connectivity index (χ0v) is 11.8. The second-order valence-corrected chi connectivity index (χ2v) is 4.91. The van der Waals surface area contributed by atoms with Gasteiger partial charge in [-0.15, -0.1) is 6.42 Å². The van der Waals surface area contributed by atoms with Crippen molar-refractivity contribution < 1.29 is 19.4 Å². The quantitative estimate of drug-likeness (QED) is 0.860. The molecule has 1 aromatic rings. The van der Waals surface area contributed by atoms with E-state index in [0.29, 0.717) is 29.8 Å². The molecule has 0 aliphatic carbocycles. The third-order valence-electron chi connectivity index (χ3n) is 3.65. The first-order chi connectivity index (χ1) is 10.1. The van der Waals surface area contributed by atoms with E-state index in [1.165, 1.54) is 12.0 Å². The Morgan fingerprint density at radius 1 is 1.43 bits per heavy atom. The average Bonchev–Trinajstić information content (AvgIpc) is 2.53. The fourth-order valence-corrected chi connectivity index (χ4v) is 2.54. The lowest BCUT2D eigenvalue weighted by Crippen LogP contribution is -2.47. The van der Waals surface area contributed by atoms with Crippen molar-refractivity contribution in [1.29, 1.82) is 0 Å². The number of likely N-dealkylation sites (tertiary alicyclic amines) is 1. The van der Waals surface area contributed by atoms with Gasteiger partial charge in [0, 0.05) is 12.1 Å². The largest absolute Gasteiger partial charge is 0.495 e. The van der Waals surface area contributed by atoms with E-state index in [-0.39, 0.29) is 5.91 Å². The van der Waals surface area contributed by atoms with E-state index < -0.39 is 12.0 Å². The van der Waals surface area contributed by atoms with E-state index in [9.17, 15) is 14.7 Å². The molecule has 1 atom stereocenters. The van der Waals surface area contributed by atoms with Gasteiger partial charge in [0.1, 0.15) is 11.8 Å². The summed E-state index contributed by atoms with van der Waals surface area (Å²) in [6.45, 7) is 0.453. The summed E-state index contributed by atoms with van der Waals surface area (Å²) in [4.78, 5) is 25.2. The predicted octanol–water partition coefficient (Wildman–Crippen LogP) is 1.76. The van der Waals surface area contributed by atoms with Gasteiger partial charge in [-0.3, -0.25) is 4.79 Å². The Balaban J connectivity index is 2.30. The second-order valence-electron chi connectivity index (χ2n) is 4.91. The van der Waals surface area contributed by atoms with Gasteiger partial charge >= 0.3 is 5.97 Å². The highest BCUT2D eigenvalue weighted by molar-refractivity contribution is 5.97. The van der Waals surface area contributed by atoms with Crippen LogP contribution in [0.5, 0.6) is 5.75 Å².